The Balaban J connectivity index is 2.57. The highest BCUT2D eigenvalue weighted by molar-refractivity contribution is 7.91. The van der Waals surface area contributed by atoms with Crippen LogP contribution in [0.4, 0.5) is 0 Å². The molecule has 1 fully saturated rings. The first-order chi connectivity index (χ1) is 9.33. The van der Waals surface area contributed by atoms with Crippen LogP contribution in [0.3, 0.4) is 0 Å². The molecule has 1 atom stereocenters. The summed E-state index contributed by atoms with van der Waals surface area (Å²) in [5.41, 5.74) is -0.714. The van der Waals surface area contributed by atoms with Crippen LogP contribution in [0, 0.1) is 0 Å². The normalized spacial score (nSPS) is 22.8. The molecule has 1 heterocycles. The molecule has 0 amide bonds. The number of likely N-dealkylation sites (N-methyl/N-ethyl adjacent to an activating group) is 1. The standard InChI is InChI=1S/C13H26N2O4S/c1-4-14-13(2,12(16)19-3)6-8-15-7-5-10-20(17,18)11-9-15/h14H,4-11H2,1-3H3. The lowest BCUT2D eigenvalue weighted by Crippen LogP contribution is -2.52. The number of nitrogens with one attached hydrogen (secondary N) is 1. The summed E-state index contributed by atoms with van der Waals surface area (Å²) in [6.45, 7) is 6.46. The second kappa shape index (κ2) is 7.38. The lowest BCUT2D eigenvalue weighted by molar-refractivity contribution is -0.148. The molecule has 0 saturated carbocycles. The van der Waals surface area contributed by atoms with E-state index in [2.05, 4.69) is 10.2 Å². The Labute approximate surface area is 121 Å². The zero-order valence-electron chi connectivity index (χ0n) is 12.6. The van der Waals surface area contributed by atoms with Gasteiger partial charge in [-0.15, -0.1) is 0 Å². The molecule has 118 valence electrons. The largest absolute Gasteiger partial charge is 0.468 e. The number of hydrogen-bond acceptors (Lipinski definition) is 6. The van der Waals surface area contributed by atoms with Gasteiger partial charge in [-0.3, -0.25) is 4.79 Å². The molecule has 1 N–H and O–H groups in total. The lowest BCUT2D eigenvalue weighted by Gasteiger charge is -2.30. The Morgan fingerprint density at radius 3 is 2.65 bits per heavy atom. The van der Waals surface area contributed by atoms with Crippen molar-refractivity contribution in [1.82, 2.24) is 10.2 Å². The number of nitrogens with zero attached hydrogens (tertiary/aromatic N) is 1. The first kappa shape index (κ1) is 17.4. The number of carbonyl (C=O) groups is 1. The molecule has 0 radical (unpaired) electrons. The highest BCUT2D eigenvalue weighted by Gasteiger charge is 2.33. The van der Waals surface area contributed by atoms with Gasteiger partial charge in [0.05, 0.1) is 18.6 Å². The van der Waals surface area contributed by atoms with E-state index in [4.69, 9.17) is 4.74 Å². The van der Waals surface area contributed by atoms with Gasteiger partial charge in [0.15, 0.2) is 9.84 Å². The summed E-state index contributed by atoms with van der Waals surface area (Å²) in [5, 5.41) is 3.16. The maximum Gasteiger partial charge on any atom is 0.325 e. The number of hydrogen-bond donors (Lipinski definition) is 1. The molecule has 0 aliphatic carbocycles. The third-order valence-electron chi connectivity index (χ3n) is 3.78. The number of esters is 1. The van der Waals surface area contributed by atoms with E-state index in [0.717, 1.165) is 6.54 Å². The quantitative estimate of drug-likeness (QED) is 0.698. The third-order valence-corrected chi connectivity index (χ3v) is 5.49. The summed E-state index contributed by atoms with van der Waals surface area (Å²) >= 11 is 0. The Morgan fingerprint density at radius 2 is 2.05 bits per heavy atom. The Kier molecular flexibility index (Phi) is 6.42. The highest BCUT2D eigenvalue weighted by Crippen LogP contribution is 2.14. The lowest BCUT2D eigenvalue weighted by atomic mass is 9.97. The van der Waals surface area contributed by atoms with Gasteiger partial charge in [0, 0.05) is 13.1 Å². The average molecular weight is 306 g/mol. The predicted octanol–water partition coefficient (Wildman–Crippen LogP) is 0.0382. The number of sulfone groups is 1. The zero-order valence-corrected chi connectivity index (χ0v) is 13.5. The van der Waals surface area contributed by atoms with Gasteiger partial charge in [-0.1, -0.05) is 6.92 Å². The van der Waals surface area contributed by atoms with Gasteiger partial charge in [-0.2, -0.15) is 0 Å². The highest BCUT2D eigenvalue weighted by atomic mass is 32.2. The first-order valence-corrected chi connectivity index (χ1v) is 8.91. The Bertz CT molecular complexity index is 424. The van der Waals surface area contributed by atoms with Crippen molar-refractivity contribution in [1.29, 1.82) is 0 Å². The maximum atomic E-state index is 11.9. The van der Waals surface area contributed by atoms with Crippen molar-refractivity contribution >= 4 is 15.8 Å². The van der Waals surface area contributed by atoms with Crippen LogP contribution in [0.5, 0.6) is 0 Å². The topological polar surface area (TPSA) is 75.7 Å². The van der Waals surface area contributed by atoms with Gasteiger partial charge in [0.25, 0.3) is 0 Å². The molecular weight excluding hydrogens is 280 g/mol. The number of rotatable bonds is 6. The fourth-order valence-corrected chi connectivity index (χ4v) is 3.78. The van der Waals surface area contributed by atoms with E-state index in [1.807, 2.05) is 13.8 Å². The molecule has 0 aromatic carbocycles. The molecule has 1 aliphatic rings. The van der Waals surface area contributed by atoms with E-state index in [9.17, 15) is 13.2 Å². The van der Waals surface area contributed by atoms with Crippen molar-refractivity contribution in [2.24, 2.45) is 0 Å². The summed E-state index contributed by atoms with van der Waals surface area (Å²) in [5.74, 6) is 0.204. The molecule has 7 heteroatoms. The van der Waals surface area contributed by atoms with Crippen molar-refractivity contribution in [3.8, 4) is 0 Å². The minimum Gasteiger partial charge on any atom is -0.468 e. The summed E-state index contributed by atoms with van der Waals surface area (Å²) in [7, 11) is -1.50. The molecule has 0 bridgehead atoms. The van der Waals surface area contributed by atoms with Crippen molar-refractivity contribution in [2.75, 3.05) is 44.8 Å². The van der Waals surface area contributed by atoms with Crippen LogP contribution in [0.1, 0.15) is 26.7 Å². The fourth-order valence-electron chi connectivity index (χ4n) is 2.47. The number of methoxy groups -OCH3 is 1. The van der Waals surface area contributed by atoms with E-state index in [0.29, 0.717) is 32.5 Å². The summed E-state index contributed by atoms with van der Waals surface area (Å²) in [6.07, 6.45) is 1.27. The summed E-state index contributed by atoms with van der Waals surface area (Å²) in [6, 6.07) is 0. The number of carbonyl (C=O) groups excluding carboxylic acids is 1. The fraction of sp³-hybridized carbons (Fsp3) is 0.923. The SMILES string of the molecule is CCNC(C)(CCN1CCCS(=O)(=O)CC1)C(=O)OC. The third kappa shape index (κ3) is 5.03. The monoisotopic (exact) mass is 306 g/mol. The molecule has 0 aromatic rings. The van der Waals surface area contributed by atoms with Gasteiger partial charge in [0.2, 0.25) is 0 Å². The van der Waals surface area contributed by atoms with Gasteiger partial charge in [-0.05, 0) is 32.9 Å². The van der Waals surface area contributed by atoms with Gasteiger partial charge in [0.1, 0.15) is 5.54 Å². The van der Waals surface area contributed by atoms with Crippen LogP contribution in [0.2, 0.25) is 0 Å². The van der Waals surface area contributed by atoms with Crippen molar-refractivity contribution in [2.45, 2.75) is 32.2 Å². The minimum absolute atomic E-state index is 0.211. The number of ether oxygens (including phenoxy) is 1. The zero-order chi connectivity index (χ0) is 15.2. The second-order valence-electron chi connectivity index (χ2n) is 5.45. The van der Waals surface area contributed by atoms with Crippen LogP contribution in [0.15, 0.2) is 0 Å². The van der Waals surface area contributed by atoms with E-state index >= 15 is 0 Å². The van der Waals surface area contributed by atoms with E-state index in [1.54, 1.807) is 0 Å². The van der Waals surface area contributed by atoms with Crippen LogP contribution in [0.25, 0.3) is 0 Å². The van der Waals surface area contributed by atoms with Crippen molar-refractivity contribution < 1.29 is 17.9 Å². The second-order valence-corrected chi connectivity index (χ2v) is 7.75. The van der Waals surface area contributed by atoms with E-state index in [-0.39, 0.29) is 17.5 Å². The molecule has 20 heavy (non-hydrogen) atoms. The van der Waals surface area contributed by atoms with Crippen LogP contribution >= 0.6 is 0 Å². The van der Waals surface area contributed by atoms with Gasteiger partial charge >= 0.3 is 5.97 Å². The van der Waals surface area contributed by atoms with Crippen molar-refractivity contribution in [3.05, 3.63) is 0 Å². The summed E-state index contributed by atoms with van der Waals surface area (Å²) < 4.78 is 28.0. The van der Waals surface area contributed by atoms with Crippen molar-refractivity contribution in [3.63, 3.8) is 0 Å². The van der Waals surface area contributed by atoms with Gasteiger partial charge < -0.3 is 15.0 Å². The van der Waals surface area contributed by atoms with Crippen LogP contribution in [-0.2, 0) is 19.4 Å². The first-order valence-electron chi connectivity index (χ1n) is 7.09. The predicted molar refractivity (Wildman–Crippen MR) is 78.4 cm³/mol. The molecule has 1 aliphatic heterocycles. The van der Waals surface area contributed by atoms with Crippen LogP contribution < -0.4 is 5.32 Å². The minimum atomic E-state index is -2.89. The van der Waals surface area contributed by atoms with E-state index < -0.39 is 15.4 Å². The van der Waals surface area contributed by atoms with E-state index in [1.165, 1.54) is 7.11 Å². The molecular formula is C13H26N2O4S. The Hall–Kier alpha value is -0.660. The smallest absolute Gasteiger partial charge is 0.325 e. The molecule has 1 saturated heterocycles. The molecule has 1 unspecified atom stereocenters. The molecule has 0 spiro atoms. The average Bonchev–Trinajstić information content (AvgIpc) is 2.57. The molecule has 0 aromatic heterocycles. The van der Waals surface area contributed by atoms with Gasteiger partial charge in [-0.25, -0.2) is 8.42 Å². The molecule has 1 rings (SSSR count). The van der Waals surface area contributed by atoms with Crippen LogP contribution in [-0.4, -0.2) is 69.6 Å². The Morgan fingerprint density at radius 1 is 1.35 bits per heavy atom. The molecule has 6 nitrogen and oxygen atoms in total. The summed E-state index contributed by atoms with van der Waals surface area (Å²) in [4.78, 5) is 14.0. The maximum absolute atomic E-state index is 11.9.